The third-order valence-corrected chi connectivity index (χ3v) is 4.58. The van der Waals surface area contributed by atoms with Gasteiger partial charge in [-0.1, -0.05) is 42.3 Å². The number of imidazole rings is 1. The van der Waals surface area contributed by atoms with Gasteiger partial charge in [0.15, 0.2) is 0 Å². The van der Waals surface area contributed by atoms with Gasteiger partial charge in [-0.2, -0.15) is 0 Å². The summed E-state index contributed by atoms with van der Waals surface area (Å²) >= 11 is 0. The number of anilines is 2. The minimum atomic E-state index is 0.635. The molecule has 30 heavy (non-hydrogen) atoms. The molecule has 5 aromatic rings. The molecule has 3 heterocycles. The molecular weight excluding hydrogens is 370 g/mol. The van der Waals surface area contributed by atoms with E-state index < -0.39 is 0 Å². The number of benzene rings is 2. The van der Waals surface area contributed by atoms with Gasteiger partial charge in [-0.05, 0) is 48.4 Å². The summed E-state index contributed by atoms with van der Waals surface area (Å²) in [4.78, 5) is 13.4. The molecule has 0 aliphatic carbocycles. The number of hydrogen-bond acceptors (Lipinski definition) is 4. The molecule has 5 rings (SSSR count). The number of hydrogen-bond donors (Lipinski definition) is 1. The van der Waals surface area contributed by atoms with E-state index in [1.54, 1.807) is 12.4 Å². The molecule has 0 saturated heterocycles. The van der Waals surface area contributed by atoms with Crippen LogP contribution in [-0.4, -0.2) is 19.4 Å². The first kappa shape index (κ1) is 17.7. The van der Waals surface area contributed by atoms with E-state index in [1.807, 2.05) is 89.5 Å². The van der Waals surface area contributed by atoms with Crippen LogP contribution < -0.4 is 5.32 Å². The molecule has 0 amide bonds. The summed E-state index contributed by atoms with van der Waals surface area (Å²) in [7, 11) is 0. The highest BCUT2D eigenvalue weighted by Gasteiger charge is 2.15. The first-order chi connectivity index (χ1) is 14.9. The molecule has 1 N–H and O–H groups in total. The maximum absolute atomic E-state index is 4.77. The van der Waals surface area contributed by atoms with Gasteiger partial charge in [-0.3, -0.25) is 4.40 Å². The van der Waals surface area contributed by atoms with Crippen molar-refractivity contribution in [2.24, 2.45) is 0 Å². The molecule has 0 aliphatic rings. The SMILES string of the molecule is C(#Cc1ccccn1)c1cccc(-c2nc3ncccn3c2Nc2ccccc2)c1. The molecule has 0 aliphatic heterocycles. The molecule has 5 heteroatoms. The first-order valence-electron chi connectivity index (χ1n) is 9.55. The monoisotopic (exact) mass is 387 g/mol. The van der Waals surface area contributed by atoms with E-state index in [0.717, 1.165) is 34.0 Å². The molecule has 0 spiro atoms. The summed E-state index contributed by atoms with van der Waals surface area (Å²) in [5.74, 6) is 7.79. The highest BCUT2D eigenvalue weighted by atomic mass is 15.2. The van der Waals surface area contributed by atoms with Crippen molar-refractivity contribution in [1.29, 1.82) is 0 Å². The second-order valence-corrected chi connectivity index (χ2v) is 6.64. The lowest BCUT2D eigenvalue weighted by Gasteiger charge is -2.08. The maximum atomic E-state index is 4.77. The number of para-hydroxylation sites is 1. The van der Waals surface area contributed by atoms with Crippen LogP contribution in [0.2, 0.25) is 0 Å². The summed E-state index contributed by atoms with van der Waals surface area (Å²) in [6, 6.07) is 25.7. The number of nitrogens with zero attached hydrogens (tertiary/aromatic N) is 4. The van der Waals surface area contributed by atoms with E-state index in [4.69, 9.17) is 4.98 Å². The smallest absolute Gasteiger partial charge is 0.235 e. The van der Waals surface area contributed by atoms with E-state index >= 15 is 0 Å². The molecule has 0 radical (unpaired) electrons. The fourth-order valence-electron chi connectivity index (χ4n) is 3.18. The van der Waals surface area contributed by atoms with E-state index in [9.17, 15) is 0 Å². The quantitative estimate of drug-likeness (QED) is 0.446. The van der Waals surface area contributed by atoms with Gasteiger partial charge < -0.3 is 5.32 Å². The minimum Gasteiger partial charge on any atom is -0.339 e. The van der Waals surface area contributed by atoms with Crippen molar-refractivity contribution in [3.05, 3.63) is 109 Å². The highest BCUT2D eigenvalue weighted by Crippen LogP contribution is 2.30. The van der Waals surface area contributed by atoms with Crippen molar-refractivity contribution in [2.45, 2.75) is 0 Å². The normalized spacial score (nSPS) is 10.4. The summed E-state index contributed by atoms with van der Waals surface area (Å²) < 4.78 is 1.95. The Morgan fingerprint density at radius 2 is 1.63 bits per heavy atom. The van der Waals surface area contributed by atoms with Gasteiger partial charge in [-0.25, -0.2) is 15.0 Å². The molecule has 2 aromatic carbocycles. The summed E-state index contributed by atoms with van der Waals surface area (Å²) in [6.07, 6.45) is 5.44. The number of rotatable bonds is 3. The Morgan fingerprint density at radius 1 is 0.767 bits per heavy atom. The first-order valence-corrected chi connectivity index (χ1v) is 9.55. The summed E-state index contributed by atoms with van der Waals surface area (Å²) in [5, 5.41) is 3.49. The van der Waals surface area contributed by atoms with Crippen molar-refractivity contribution in [1.82, 2.24) is 19.4 Å². The minimum absolute atomic E-state index is 0.635. The summed E-state index contributed by atoms with van der Waals surface area (Å²) in [6.45, 7) is 0. The molecule has 0 fully saturated rings. The predicted octanol–water partition coefficient (Wildman–Crippen LogP) is 4.93. The van der Waals surface area contributed by atoms with Crippen LogP contribution >= 0.6 is 0 Å². The average molecular weight is 387 g/mol. The summed E-state index contributed by atoms with van der Waals surface area (Å²) in [5.41, 5.74) is 4.40. The van der Waals surface area contributed by atoms with Crippen LogP contribution in [0.3, 0.4) is 0 Å². The van der Waals surface area contributed by atoms with Crippen molar-refractivity contribution >= 4 is 17.3 Å². The van der Waals surface area contributed by atoms with Crippen LogP contribution in [0.15, 0.2) is 97.5 Å². The van der Waals surface area contributed by atoms with Crippen LogP contribution in [0, 0.1) is 11.8 Å². The number of aromatic nitrogens is 4. The van der Waals surface area contributed by atoms with E-state index in [1.165, 1.54) is 0 Å². The Kier molecular flexibility index (Phi) is 4.65. The van der Waals surface area contributed by atoms with E-state index in [2.05, 4.69) is 27.1 Å². The molecular formula is C25H17N5. The molecule has 0 saturated carbocycles. The topological polar surface area (TPSA) is 55.1 Å². The Labute approximate surface area is 174 Å². The van der Waals surface area contributed by atoms with Crippen LogP contribution in [0.5, 0.6) is 0 Å². The lowest BCUT2D eigenvalue weighted by molar-refractivity contribution is 1.11. The number of nitrogens with one attached hydrogen (secondary N) is 1. The zero-order valence-corrected chi connectivity index (χ0v) is 16.0. The third kappa shape index (κ3) is 3.62. The van der Waals surface area contributed by atoms with Crippen LogP contribution in [0.25, 0.3) is 17.0 Å². The Hall–Kier alpha value is -4.43. The van der Waals surface area contributed by atoms with Gasteiger partial charge in [0.05, 0.1) is 0 Å². The Balaban J connectivity index is 1.58. The van der Waals surface area contributed by atoms with Gasteiger partial charge in [-0.15, -0.1) is 0 Å². The fraction of sp³-hybridized carbons (Fsp3) is 0. The van der Waals surface area contributed by atoms with Gasteiger partial charge in [0.1, 0.15) is 17.2 Å². The molecule has 0 bridgehead atoms. The maximum Gasteiger partial charge on any atom is 0.235 e. The van der Waals surface area contributed by atoms with Gasteiger partial charge in [0, 0.05) is 35.4 Å². The van der Waals surface area contributed by atoms with Crippen LogP contribution in [0.1, 0.15) is 11.3 Å². The molecule has 0 atom stereocenters. The molecule has 142 valence electrons. The molecule has 3 aromatic heterocycles. The second-order valence-electron chi connectivity index (χ2n) is 6.64. The largest absolute Gasteiger partial charge is 0.339 e. The zero-order valence-electron chi connectivity index (χ0n) is 16.0. The van der Waals surface area contributed by atoms with Gasteiger partial charge in [0.25, 0.3) is 0 Å². The second kappa shape index (κ2) is 7.90. The zero-order chi connectivity index (χ0) is 20.2. The van der Waals surface area contributed by atoms with E-state index in [0.29, 0.717) is 5.78 Å². The van der Waals surface area contributed by atoms with Crippen molar-refractivity contribution < 1.29 is 0 Å². The average Bonchev–Trinajstić information content (AvgIpc) is 3.18. The standard InChI is InChI=1S/C25H17N5/c1-2-11-22(12-3-1)28-24-23(29-25-27-16-7-17-30(24)25)20-9-6-8-19(18-20)13-14-21-10-4-5-15-26-21/h1-12,15-18,28H. The lowest BCUT2D eigenvalue weighted by atomic mass is 10.1. The molecule has 5 nitrogen and oxygen atoms in total. The third-order valence-electron chi connectivity index (χ3n) is 4.58. The number of fused-ring (bicyclic) bond motifs is 1. The predicted molar refractivity (Wildman–Crippen MR) is 118 cm³/mol. The van der Waals surface area contributed by atoms with Gasteiger partial charge in [0.2, 0.25) is 5.78 Å². The van der Waals surface area contributed by atoms with Crippen molar-refractivity contribution in [3.8, 4) is 23.1 Å². The lowest BCUT2D eigenvalue weighted by Crippen LogP contribution is -1.97. The van der Waals surface area contributed by atoms with Crippen LogP contribution in [-0.2, 0) is 0 Å². The highest BCUT2D eigenvalue weighted by molar-refractivity contribution is 5.79. The van der Waals surface area contributed by atoms with Gasteiger partial charge >= 0.3 is 0 Å². The van der Waals surface area contributed by atoms with Crippen molar-refractivity contribution in [2.75, 3.05) is 5.32 Å². The number of pyridine rings is 1. The van der Waals surface area contributed by atoms with Crippen LogP contribution in [0.4, 0.5) is 11.5 Å². The molecule has 0 unspecified atom stereocenters. The Morgan fingerprint density at radius 3 is 2.50 bits per heavy atom. The fourth-order valence-corrected chi connectivity index (χ4v) is 3.18. The Bertz CT molecular complexity index is 1360. The van der Waals surface area contributed by atoms with E-state index in [-0.39, 0.29) is 0 Å². The van der Waals surface area contributed by atoms with Crippen molar-refractivity contribution in [3.63, 3.8) is 0 Å².